The molecule has 2 aromatic rings. The minimum absolute atomic E-state index is 0.00335. The number of benzene rings is 1. The summed E-state index contributed by atoms with van der Waals surface area (Å²) in [6.45, 7) is 2.95. The molecule has 1 aromatic heterocycles. The number of nitrogens with zero attached hydrogens (tertiary/aromatic N) is 1. The van der Waals surface area contributed by atoms with Gasteiger partial charge in [0, 0.05) is 17.1 Å². The zero-order valence-electron chi connectivity index (χ0n) is 12.0. The highest BCUT2D eigenvalue weighted by Crippen LogP contribution is 2.36. The highest BCUT2D eigenvalue weighted by atomic mass is 35.5. The second-order valence-electron chi connectivity index (χ2n) is 4.65. The molecule has 1 unspecified atom stereocenters. The maximum absolute atomic E-state index is 12.8. The largest absolute Gasteiger partial charge is 0.457 e. The number of aliphatic hydroxyl groups is 1. The molecule has 2 rings (SSSR count). The summed E-state index contributed by atoms with van der Waals surface area (Å²) < 4.78 is 43.2. The number of aromatic nitrogens is 1. The van der Waals surface area contributed by atoms with Crippen molar-refractivity contribution in [3.05, 3.63) is 63.1 Å². The minimum atomic E-state index is -4.61. The van der Waals surface area contributed by atoms with Gasteiger partial charge in [-0.25, -0.2) is 9.78 Å². The Kier molecular flexibility index (Phi) is 5.63. The van der Waals surface area contributed by atoms with Crippen LogP contribution >= 0.6 is 22.9 Å². The molecule has 0 amide bonds. The fraction of sp³-hybridized carbons (Fsp3) is 0.200. The number of aliphatic hydroxyl groups excluding tert-OH is 1. The summed E-state index contributed by atoms with van der Waals surface area (Å²) in [6, 6.07) is 3.31. The lowest BCUT2D eigenvalue weighted by molar-refractivity contribution is -0.141. The maximum Gasteiger partial charge on any atom is 0.417 e. The van der Waals surface area contributed by atoms with Gasteiger partial charge < -0.3 is 9.84 Å². The Morgan fingerprint density at radius 1 is 1.46 bits per heavy atom. The van der Waals surface area contributed by atoms with E-state index in [4.69, 9.17) is 16.3 Å². The van der Waals surface area contributed by atoms with Crippen LogP contribution in [0.5, 0.6) is 0 Å². The van der Waals surface area contributed by atoms with Gasteiger partial charge in [0.2, 0.25) is 0 Å². The van der Waals surface area contributed by atoms with E-state index in [9.17, 15) is 23.1 Å². The van der Waals surface area contributed by atoms with E-state index < -0.39 is 35.4 Å². The number of alkyl halides is 3. The van der Waals surface area contributed by atoms with Gasteiger partial charge >= 0.3 is 12.1 Å². The summed E-state index contributed by atoms with van der Waals surface area (Å²) in [5.41, 5.74) is -1.29. The monoisotopic (exact) mass is 377 g/mol. The van der Waals surface area contributed by atoms with Crippen LogP contribution in [0.25, 0.3) is 0 Å². The first-order chi connectivity index (χ1) is 11.2. The van der Waals surface area contributed by atoms with Gasteiger partial charge in [0.1, 0.15) is 17.7 Å². The molecule has 1 atom stereocenters. The quantitative estimate of drug-likeness (QED) is 0.628. The van der Waals surface area contributed by atoms with Crippen LogP contribution in [0.1, 0.15) is 22.2 Å². The van der Waals surface area contributed by atoms with Crippen molar-refractivity contribution in [2.24, 2.45) is 0 Å². The Balaban J connectivity index is 2.06. The van der Waals surface area contributed by atoms with Crippen LogP contribution in [-0.4, -0.2) is 16.1 Å². The number of carbonyl (C=O) groups is 1. The van der Waals surface area contributed by atoms with Crippen LogP contribution in [0.4, 0.5) is 13.2 Å². The van der Waals surface area contributed by atoms with E-state index in [1.165, 1.54) is 12.3 Å². The highest BCUT2D eigenvalue weighted by Gasteiger charge is 2.34. The summed E-state index contributed by atoms with van der Waals surface area (Å²) in [4.78, 5) is 15.7. The van der Waals surface area contributed by atoms with Gasteiger partial charge in [-0.2, -0.15) is 13.2 Å². The Morgan fingerprint density at radius 3 is 2.75 bits per heavy atom. The minimum Gasteiger partial charge on any atom is -0.457 e. The van der Waals surface area contributed by atoms with Crippen LogP contribution in [-0.2, 0) is 22.3 Å². The molecule has 0 bridgehead atoms. The van der Waals surface area contributed by atoms with Crippen LogP contribution in [0, 0.1) is 0 Å². The lowest BCUT2D eigenvalue weighted by Crippen LogP contribution is -2.14. The van der Waals surface area contributed by atoms with E-state index in [1.807, 2.05) is 0 Å². The molecule has 9 heteroatoms. The predicted molar refractivity (Wildman–Crippen MR) is 82.5 cm³/mol. The molecule has 1 aromatic carbocycles. The van der Waals surface area contributed by atoms with Gasteiger partial charge in [0.25, 0.3) is 0 Å². The maximum atomic E-state index is 12.8. The summed E-state index contributed by atoms with van der Waals surface area (Å²) in [5, 5.41) is 11.3. The van der Waals surface area contributed by atoms with Crippen LogP contribution < -0.4 is 0 Å². The molecule has 0 saturated heterocycles. The van der Waals surface area contributed by atoms with Crippen molar-refractivity contribution < 1.29 is 27.8 Å². The van der Waals surface area contributed by atoms with Crippen LogP contribution in [0.3, 0.4) is 0 Å². The van der Waals surface area contributed by atoms with Gasteiger partial charge in [-0.15, -0.1) is 11.3 Å². The fourth-order valence-corrected chi connectivity index (χ4v) is 2.72. The number of halogens is 4. The molecular formula is C15H11ClF3NO3S. The number of hydrogen-bond donors (Lipinski definition) is 1. The molecule has 4 nitrogen and oxygen atoms in total. The summed E-state index contributed by atoms with van der Waals surface area (Å²) in [7, 11) is 0. The first kappa shape index (κ1) is 18.4. The number of esters is 1. The fourth-order valence-electron chi connectivity index (χ4n) is 1.78. The number of ether oxygens (including phenoxy) is 1. The highest BCUT2D eigenvalue weighted by molar-refractivity contribution is 7.09. The van der Waals surface area contributed by atoms with Crippen molar-refractivity contribution in [3.63, 3.8) is 0 Å². The zero-order chi connectivity index (χ0) is 17.9. The molecule has 0 radical (unpaired) electrons. The molecule has 0 aliphatic heterocycles. The average molecular weight is 378 g/mol. The van der Waals surface area contributed by atoms with Crippen molar-refractivity contribution >= 4 is 28.9 Å². The number of thiazole rings is 1. The van der Waals surface area contributed by atoms with E-state index in [1.54, 1.807) is 5.38 Å². The smallest absolute Gasteiger partial charge is 0.417 e. The summed E-state index contributed by atoms with van der Waals surface area (Å²) in [6.07, 6.45) is -4.50. The van der Waals surface area contributed by atoms with Crippen molar-refractivity contribution in [1.82, 2.24) is 4.98 Å². The van der Waals surface area contributed by atoms with Crippen LogP contribution in [0.2, 0.25) is 5.02 Å². The number of rotatable bonds is 5. The molecule has 128 valence electrons. The zero-order valence-corrected chi connectivity index (χ0v) is 13.6. The molecule has 0 spiro atoms. The molecule has 24 heavy (non-hydrogen) atoms. The molecule has 0 saturated carbocycles. The molecule has 0 aliphatic carbocycles. The van der Waals surface area contributed by atoms with Crippen LogP contribution in [0.15, 0.2) is 41.9 Å². The first-order valence-electron chi connectivity index (χ1n) is 6.49. The van der Waals surface area contributed by atoms with Gasteiger partial charge in [-0.05, 0) is 6.07 Å². The lowest BCUT2D eigenvalue weighted by Gasteiger charge is -2.14. The number of hydrogen-bond acceptors (Lipinski definition) is 5. The number of carbonyl (C=O) groups excluding carboxylic acids is 1. The summed E-state index contributed by atoms with van der Waals surface area (Å²) >= 11 is 6.83. The van der Waals surface area contributed by atoms with Gasteiger partial charge in [-0.1, -0.05) is 30.3 Å². The third-order valence-electron chi connectivity index (χ3n) is 3.02. The second kappa shape index (κ2) is 7.33. The third kappa shape index (κ3) is 4.14. The van der Waals surface area contributed by atoms with E-state index in [0.717, 1.165) is 23.5 Å². The Hall–Kier alpha value is -1.90. The van der Waals surface area contributed by atoms with Crippen molar-refractivity contribution in [3.8, 4) is 0 Å². The summed E-state index contributed by atoms with van der Waals surface area (Å²) in [5.74, 6) is -0.953. The van der Waals surface area contributed by atoms with Gasteiger partial charge in [0.05, 0.1) is 16.2 Å². The first-order valence-corrected chi connectivity index (χ1v) is 7.75. The van der Waals surface area contributed by atoms with E-state index in [2.05, 4.69) is 11.6 Å². The standard InChI is InChI=1S/C15H11ClF3NO3S/c1-8(12(21)13-20-5-6-24-13)14(22)23-7-9-3-2-4-10(11(9)16)15(17,18)19/h2-6,12,21H,1,7H2. The molecule has 1 heterocycles. The molecule has 0 aliphatic rings. The van der Waals surface area contributed by atoms with Crippen molar-refractivity contribution in [1.29, 1.82) is 0 Å². The molecule has 0 fully saturated rings. The third-order valence-corrected chi connectivity index (χ3v) is 4.29. The normalized spacial score (nSPS) is 12.7. The predicted octanol–water partition coefficient (Wildman–Crippen LogP) is 4.15. The second-order valence-corrected chi connectivity index (χ2v) is 5.95. The van der Waals surface area contributed by atoms with E-state index >= 15 is 0 Å². The van der Waals surface area contributed by atoms with Crippen molar-refractivity contribution in [2.45, 2.75) is 18.9 Å². The average Bonchev–Trinajstić information content (AvgIpc) is 3.05. The Morgan fingerprint density at radius 2 is 2.17 bits per heavy atom. The van der Waals surface area contributed by atoms with Gasteiger partial charge in [-0.3, -0.25) is 0 Å². The van der Waals surface area contributed by atoms with E-state index in [-0.39, 0.29) is 16.1 Å². The lowest BCUT2D eigenvalue weighted by atomic mass is 10.1. The van der Waals surface area contributed by atoms with Gasteiger partial charge in [0.15, 0.2) is 0 Å². The Labute approximate surface area is 144 Å². The molecular weight excluding hydrogens is 367 g/mol. The van der Waals surface area contributed by atoms with Crippen molar-refractivity contribution in [2.75, 3.05) is 0 Å². The SMILES string of the molecule is C=C(C(=O)OCc1cccc(C(F)(F)F)c1Cl)C(O)c1nccs1. The van der Waals surface area contributed by atoms with E-state index in [0.29, 0.717) is 0 Å². The topological polar surface area (TPSA) is 59.4 Å². The molecule has 1 N–H and O–H groups in total. The Bertz CT molecular complexity index is 747.